The van der Waals surface area contributed by atoms with Crippen molar-refractivity contribution in [3.05, 3.63) is 65.2 Å². The number of Topliss-reactive ketones (excluding diaryl/α,β-unsaturated/α-hetero) is 1. The number of aliphatic hydroxyl groups excluding tert-OH is 1. The van der Waals surface area contributed by atoms with Gasteiger partial charge in [-0.1, -0.05) is 19.1 Å². The van der Waals surface area contributed by atoms with Crippen molar-refractivity contribution in [3.8, 4) is 11.5 Å². The van der Waals surface area contributed by atoms with Gasteiger partial charge < -0.3 is 24.2 Å². The SMILES string of the molecule is CCCOc1ccc(/C(O)=C2\C(=O)C(=O)N(CCN3CCOCC3)[C@H]2c2ccc(OCC)cc2)cc1. The predicted octanol–water partition coefficient (Wildman–Crippen LogP) is 3.63. The Morgan fingerprint density at radius 3 is 2.22 bits per heavy atom. The lowest BCUT2D eigenvalue weighted by molar-refractivity contribution is -0.140. The summed E-state index contributed by atoms with van der Waals surface area (Å²) in [7, 11) is 0. The predicted molar refractivity (Wildman–Crippen MR) is 136 cm³/mol. The van der Waals surface area contributed by atoms with Gasteiger partial charge in [0.2, 0.25) is 0 Å². The van der Waals surface area contributed by atoms with Crippen LogP contribution < -0.4 is 9.47 Å². The second kappa shape index (κ2) is 12.1. The van der Waals surface area contributed by atoms with Crippen molar-refractivity contribution in [1.29, 1.82) is 0 Å². The molecule has 0 radical (unpaired) electrons. The van der Waals surface area contributed by atoms with Crippen LogP contribution in [0.4, 0.5) is 0 Å². The van der Waals surface area contributed by atoms with Crippen LogP contribution in [0, 0.1) is 0 Å². The molecule has 1 N–H and O–H groups in total. The molecule has 0 bridgehead atoms. The molecule has 4 rings (SSSR count). The number of carbonyl (C=O) groups is 2. The van der Waals surface area contributed by atoms with Crippen molar-refractivity contribution in [2.24, 2.45) is 0 Å². The lowest BCUT2D eigenvalue weighted by Crippen LogP contribution is -2.42. The normalized spacial score (nSPS) is 20.1. The number of carbonyl (C=O) groups excluding carboxylic acids is 2. The van der Waals surface area contributed by atoms with Crippen molar-refractivity contribution >= 4 is 17.4 Å². The number of benzene rings is 2. The van der Waals surface area contributed by atoms with E-state index in [1.165, 1.54) is 0 Å². The average molecular weight is 495 g/mol. The Kier molecular flexibility index (Phi) is 8.61. The number of nitrogens with zero attached hydrogens (tertiary/aromatic N) is 2. The first kappa shape index (κ1) is 25.7. The maximum absolute atomic E-state index is 13.3. The second-order valence-corrected chi connectivity index (χ2v) is 8.82. The number of ketones is 1. The Hall–Kier alpha value is -3.36. The van der Waals surface area contributed by atoms with E-state index in [4.69, 9.17) is 14.2 Å². The monoisotopic (exact) mass is 494 g/mol. The lowest BCUT2D eigenvalue weighted by atomic mass is 9.95. The third kappa shape index (κ3) is 5.71. The molecule has 0 saturated carbocycles. The third-order valence-corrected chi connectivity index (χ3v) is 6.41. The van der Waals surface area contributed by atoms with Gasteiger partial charge in [0.15, 0.2) is 0 Å². The number of ether oxygens (including phenoxy) is 3. The molecule has 2 aromatic rings. The van der Waals surface area contributed by atoms with Crippen LogP contribution in [0.2, 0.25) is 0 Å². The van der Waals surface area contributed by atoms with Gasteiger partial charge in [0.05, 0.1) is 38.0 Å². The zero-order valence-corrected chi connectivity index (χ0v) is 20.9. The summed E-state index contributed by atoms with van der Waals surface area (Å²) in [6.45, 7) is 8.92. The standard InChI is InChI=1S/C28H34N2O6/c1-3-17-36-23-11-7-21(8-12-23)26(31)24-25(20-5-9-22(10-6-20)35-4-2)30(28(33)27(24)32)14-13-29-15-18-34-19-16-29/h5-12,25,31H,3-4,13-19H2,1-2H3/b26-24+/t25-/m0/s1. The van der Waals surface area contributed by atoms with Crippen LogP contribution in [0.15, 0.2) is 54.1 Å². The molecule has 8 nitrogen and oxygen atoms in total. The smallest absolute Gasteiger partial charge is 0.295 e. The van der Waals surface area contributed by atoms with Gasteiger partial charge in [-0.05, 0) is 55.3 Å². The molecule has 2 fully saturated rings. The highest BCUT2D eigenvalue weighted by molar-refractivity contribution is 6.46. The molecule has 0 aromatic heterocycles. The van der Waals surface area contributed by atoms with E-state index in [-0.39, 0.29) is 11.3 Å². The second-order valence-electron chi connectivity index (χ2n) is 8.82. The average Bonchev–Trinajstić information content (AvgIpc) is 3.17. The van der Waals surface area contributed by atoms with Crippen LogP contribution >= 0.6 is 0 Å². The van der Waals surface area contributed by atoms with Gasteiger partial charge in [0.25, 0.3) is 11.7 Å². The molecule has 0 aliphatic carbocycles. The van der Waals surface area contributed by atoms with E-state index in [2.05, 4.69) is 4.90 Å². The van der Waals surface area contributed by atoms with E-state index >= 15 is 0 Å². The molecule has 0 unspecified atom stereocenters. The number of aliphatic hydroxyl groups is 1. The van der Waals surface area contributed by atoms with E-state index < -0.39 is 17.7 Å². The van der Waals surface area contributed by atoms with Gasteiger partial charge in [-0.15, -0.1) is 0 Å². The Balaban J connectivity index is 1.68. The highest BCUT2D eigenvalue weighted by Crippen LogP contribution is 2.40. The molecule has 0 spiro atoms. The fourth-order valence-corrected chi connectivity index (χ4v) is 4.53. The summed E-state index contributed by atoms with van der Waals surface area (Å²) in [5.41, 5.74) is 1.29. The number of hydrogen-bond donors (Lipinski definition) is 1. The van der Waals surface area contributed by atoms with E-state index in [9.17, 15) is 14.7 Å². The molecule has 2 aromatic carbocycles. The number of likely N-dealkylation sites (tertiary alicyclic amines) is 1. The number of rotatable bonds is 10. The van der Waals surface area contributed by atoms with Gasteiger partial charge in [-0.3, -0.25) is 14.5 Å². The first-order valence-electron chi connectivity index (χ1n) is 12.6. The fourth-order valence-electron chi connectivity index (χ4n) is 4.53. The largest absolute Gasteiger partial charge is 0.507 e. The summed E-state index contributed by atoms with van der Waals surface area (Å²) in [4.78, 5) is 30.2. The minimum absolute atomic E-state index is 0.0911. The summed E-state index contributed by atoms with van der Waals surface area (Å²) in [6, 6.07) is 13.6. The molecular weight excluding hydrogens is 460 g/mol. The number of amides is 1. The maximum Gasteiger partial charge on any atom is 0.295 e. The van der Waals surface area contributed by atoms with E-state index in [1.807, 2.05) is 38.1 Å². The van der Waals surface area contributed by atoms with E-state index in [1.54, 1.807) is 29.2 Å². The minimum atomic E-state index is -0.697. The van der Waals surface area contributed by atoms with Gasteiger partial charge in [0, 0.05) is 31.7 Å². The van der Waals surface area contributed by atoms with Crippen LogP contribution in [-0.2, 0) is 14.3 Å². The first-order chi connectivity index (χ1) is 17.5. The van der Waals surface area contributed by atoms with Crippen molar-refractivity contribution in [2.45, 2.75) is 26.3 Å². The molecular formula is C28H34N2O6. The zero-order valence-electron chi connectivity index (χ0n) is 20.9. The maximum atomic E-state index is 13.3. The number of morpholine rings is 1. The lowest BCUT2D eigenvalue weighted by Gasteiger charge is -2.31. The van der Waals surface area contributed by atoms with Gasteiger partial charge in [-0.2, -0.15) is 0 Å². The van der Waals surface area contributed by atoms with Crippen LogP contribution in [0.3, 0.4) is 0 Å². The Morgan fingerprint density at radius 1 is 0.944 bits per heavy atom. The molecule has 8 heteroatoms. The Labute approximate surface area is 212 Å². The molecule has 36 heavy (non-hydrogen) atoms. The van der Waals surface area contributed by atoms with Gasteiger partial charge >= 0.3 is 0 Å². The highest BCUT2D eigenvalue weighted by atomic mass is 16.5. The molecule has 1 amide bonds. The molecule has 1 atom stereocenters. The zero-order chi connectivity index (χ0) is 25.5. The molecule has 2 aliphatic rings. The third-order valence-electron chi connectivity index (χ3n) is 6.41. The topological polar surface area (TPSA) is 88.5 Å². The quantitative estimate of drug-likeness (QED) is 0.307. The summed E-state index contributed by atoms with van der Waals surface area (Å²) in [5.74, 6) is -0.0916. The minimum Gasteiger partial charge on any atom is -0.507 e. The fraction of sp³-hybridized carbons (Fsp3) is 0.429. The van der Waals surface area contributed by atoms with Gasteiger partial charge in [-0.25, -0.2) is 0 Å². The first-order valence-corrected chi connectivity index (χ1v) is 12.6. The van der Waals surface area contributed by atoms with Crippen molar-refractivity contribution in [1.82, 2.24) is 9.80 Å². The van der Waals surface area contributed by atoms with Gasteiger partial charge in [0.1, 0.15) is 17.3 Å². The molecule has 2 heterocycles. The van der Waals surface area contributed by atoms with E-state index in [0.29, 0.717) is 56.6 Å². The molecule has 2 saturated heterocycles. The summed E-state index contributed by atoms with van der Waals surface area (Å²) in [6.07, 6.45) is 0.887. The van der Waals surface area contributed by atoms with Crippen molar-refractivity contribution in [2.75, 3.05) is 52.6 Å². The van der Waals surface area contributed by atoms with Crippen LogP contribution in [0.1, 0.15) is 37.4 Å². The van der Waals surface area contributed by atoms with Crippen LogP contribution in [-0.4, -0.2) is 79.2 Å². The highest BCUT2D eigenvalue weighted by Gasteiger charge is 2.46. The van der Waals surface area contributed by atoms with Crippen molar-refractivity contribution in [3.63, 3.8) is 0 Å². The summed E-state index contributed by atoms with van der Waals surface area (Å²) in [5, 5.41) is 11.3. The van der Waals surface area contributed by atoms with Crippen LogP contribution in [0.5, 0.6) is 11.5 Å². The molecule has 2 aliphatic heterocycles. The molecule has 192 valence electrons. The summed E-state index contributed by atoms with van der Waals surface area (Å²) >= 11 is 0. The van der Waals surface area contributed by atoms with Crippen LogP contribution in [0.25, 0.3) is 5.76 Å². The summed E-state index contributed by atoms with van der Waals surface area (Å²) < 4.78 is 16.6. The Morgan fingerprint density at radius 2 is 1.58 bits per heavy atom. The number of hydrogen-bond acceptors (Lipinski definition) is 7. The van der Waals surface area contributed by atoms with E-state index in [0.717, 1.165) is 25.1 Å². The Bertz CT molecular complexity index is 1070. The van der Waals surface area contributed by atoms with Crippen molar-refractivity contribution < 1.29 is 28.9 Å².